The molecule has 1 aromatic heterocycles. The van der Waals surface area contributed by atoms with Crippen LogP contribution in [0.2, 0.25) is 0 Å². The highest BCUT2D eigenvalue weighted by molar-refractivity contribution is 7.18. The van der Waals surface area contributed by atoms with E-state index >= 15 is 0 Å². The highest BCUT2D eigenvalue weighted by Crippen LogP contribution is 2.34. The third-order valence-electron chi connectivity index (χ3n) is 3.87. The van der Waals surface area contributed by atoms with Crippen molar-refractivity contribution in [3.8, 4) is 5.75 Å². The number of ether oxygens (including phenoxy) is 2. The lowest BCUT2D eigenvalue weighted by Gasteiger charge is -2.17. The Morgan fingerprint density at radius 2 is 1.81 bits per heavy atom. The molecule has 1 unspecified atom stereocenters. The first-order valence-corrected chi connectivity index (χ1v) is 9.54. The van der Waals surface area contributed by atoms with E-state index in [0.717, 1.165) is 11.3 Å². The number of anilines is 1. The molecule has 0 aliphatic carbocycles. The molecule has 0 saturated carbocycles. The summed E-state index contributed by atoms with van der Waals surface area (Å²) < 4.78 is 10.8. The van der Waals surface area contributed by atoms with Crippen LogP contribution in [0.4, 0.5) is 5.00 Å². The zero-order valence-corrected chi connectivity index (χ0v) is 16.6. The van der Waals surface area contributed by atoms with Crippen molar-refractivity contribution in [1.29, 1.82) is 0 Å². The van der Waals surface area contributed by atoms with Gasteiger partial charge in [-0.05, 0) is 44.9 Å². The first-order chi connectivity index (χ1) is 12.9. The second kappa shape index (κ2) is 9.32. The van der Waals surface area contributed by atoms with Gasteiger partial charge in [-0.1, -0.05) is 25.1 Å². The fraction of sp³-hybridized carbons (Fsp3) is 0.350. The van der Waals surface area contributed by atoms with Gasteiger partial charge < -0.3 is 14.8 Å². The van der Waals surface area contributed by atoms with Crippen molar-refractivity contribution in [2.75, 3.05) is 11.9 Å². The Morgan fingerprint density at radius 3 is 2.37 bits per heavy atom. The van der Waals surface area contributed by atoms with E-state index in [2.05, 4.69) is 5.32 Å². The lowest BCUT2D eigenvalue weighted by molar-refractivity contribution is -0.122. The van der Waals surface area contributed by atoms with E-state index in [-0.39, 0.29) is 23.9 Å². The summed E-state index contributed by atoms with van der Waals surface area (Å²) in [6.07, 6.45) is -0.287. The standard InChI is InChI=1S/C20H23NO5S/c1-5-15(26-14-10-8-7-9-11-14)18(23)21-19-16(20(24)25-6-2)12(3)17(27-19)13(4)22/h7-11,15H,5-6H2,1-4H3,(H,21,23). The smallest absolute Gasteiger partial charge is 0.341 e. The van der Waals surface area contributed by atoms with Gasteiger partial charge in [-0.25, -0.2) is 4.79 Å². The number of esters is 1. The summed E-state index contributed by atoms with van der Waals surface area (Å²) in [5.74, 6) is -0.539. The van der Waals surface area contributed by atoms with Crippen LogP contribution in [0.15, 0.2) is 30.3 Å². The van der Waals surface area contributed by atoms with Crippen LogP contribution in [-0.4, -0.2) is 30.4 Å². The van der Waals surface area contributed by atoms with Gasteiger partial charge in [-0.2, -0.15) is 0 Å². The topological polar surface area (TPSA) is 81.7 Å². The predicted octanol–water partition coefficient (Wildman–Crippen LogP) is 4.23. The number of carbonyl (C=O) groups is 3. The van der Waals surface area contributed by atoms with Gasteiger partial charge in [0.1, 0.15) is 10.8 Å². The van der Waals surface area contributed by atoms with Gasteiger partial charge in [-0.15, -0.1) is 11.3 Å². The molecule has 6 nitrogen and oxygen atoms in total. The summed E-state index contributed by atoms with van der Waals surface area (Å²) in [5.41, 5.74) is 0.730. The van der Waals surface area contributed by atoms with Crippen molar-refractivity contribution in [3.63, 3.8) is 0 Å². The molecule has 1 N–H and O–H groups in total. The van der Waals surface area contributed by atoms with Crippen molar-refractivity contribution in [1.82, 2.24) is 0 Å². The summed E-state index contributed by atoms with van der Waals surface area (Å²) >= 11 is 1.07. The fourth-order valence-electron chi connectivity index (χ4n) is 2.56. The van der Waals surface area contributed by atoms with Crippen molar-refractivity contribution >= 4 is 34.0 Å². The number of hydrogen-bond acceptors (Lipinski definition) is 6. The molecule has 144 valence electrons. The highest BCUT2D eigenvalue weighted by atomic mass is 32.1. The normalized spacial score (nSPS) is 11.6. The van der Waals surface area contributed by atoms with Crippen molar-refractivity contribution in [3.05, 3.63) is 46.3 Å². The highest BCUT2D eigenvalue weighted by Gasteiger charge is 2.27. The second-order valence-electron chi connectivity index (χ2n) is 5.85. The minimum Gasteiger partial charge on any atom is -0.481 e. The molecule has 0 saturated heterocycles. The van der Waals surface area contributed by atoms with Crippen LogP contribution < -0.4 is 10.1 Å². The van der Waals surface area contributed by atoms with E-state index in [1.807, 2.05) is 25.1 Å². The van der Waals surface area contributed by atoms with E-state index in [1.54, 1.807) is 26.0 Å². The van der Waals surface area contributed by atoms with Crippen LogP contribution >= 0.6 is 11.3 Å². The average molecular weight is 389 g/mol. The number of Topliss-reactive ketones (excluding diaryl/α,β-unsaturated/α-hetero) is 1. The van der Waals surface area contributed by atoms with Gasteiger partial charge in [0.2, 0.25) is 0 Å². The number of carbonyl (C=O) groups excluding carboxylic acids is 3. The van der Waals surface area contributed by atoms with Crippen LogP contribution in [0.1, 0.15) is 52.8 Å². The van der Waals surface area contributed by atoms with E-state index in [4.69, 9.17) is 9.47 Å². The van der Waals surface area contributed by atoms with Gasteiger partial charge in [-0.3, -0.25) is 9.59 Å². The zero-order valence-electron chi connectivity index (χ0n) is 15.8. The van der Waals surface area contributed by atoms with Gasteiger partial charge >= 0.3 is 5.97 Å². The number of rotatable bonds is 8. The molecule has 1 atom stereocenters. The molecule has 0 spiro atoms. The third kappa shape index (κ3) is 4.95. The molecular weight excluding hydrogens is 366 g/mol. The molecule has 0 aliphatic rings. The molecule has 27 heavy (non-hydrogen) atoms. The van der Waals surface area contributed by atoms with Crippen LogP contribution in [0.3, 0.4) is 0 Å². The molecule has 0 aliphatic heterocycles. The minimum atomic E-state index is -0.731. The third-order valence-corrected chi connectivity index (χ3v) is 5.18. The predicted molar refractivity (Wildman–Crippen MR) is 105 cm³/mol. The van der Waals surface area contributed by atoms with Gasteiger partial charge in [0, 0.05) is 0 Å². The number of ketones is 1. The molecule has 7 heteroatoms. The molecule has 2 rings (SSSR count). The number of nitrogens with one attached hydrogen (secondary N) is 1. The van der Waals surface area contributed by atoms with Crippen LogP contribution in [0.25, 0.3) is 0 Å². The van der Waals surface area contributed by atoms with Crippen LogP contribution in [-0.2, 0) is 9.53 Å². The summed E-state index contributed by atoms with van der Waals surface area (Å²) in [5, 5.41) is 3.04. The van der Waals surface area contributed by atoms with Gasteiger partial charge in [0.25, 0.3) is 5.91 Å². The maximum Gasteiger partial charge on any atom is 0.341 e. The Bertz CT molecular complexity index is 828. The monoisotopic (exact) mass is 389 g/mol. The van der Waals surface area contributed by atoms with E-state index in [1.165, 1.54) is 6.92 Å². The first kappa shape index (κ1) is 20.6. The molecule has 0 fully saturated rings. The summed E-state index contributed by atoms with van der Waals surface area (Å²) in [6, 6.07) is 9.03. The van der Waals surface area contributed by atoms with E-state index < -0.39 is 12.1 Å². The van der Waals surface area contributed by atoms with Crippen molar-refractivity contribution in [2.45, 2.75) is 40.2 Å². The minimum absolute atomic E-state index is 0.170. The van der Waals surface area contributed by atoms with Crippen LogP contribution in [0, 0.1) is 6.92 Å². The second-order valence-corrected chi connectivity index (χ2v) is 6.87. The Hall–Kier alpha value is -2.67. The number of thiophene rings is 1. The summed E-state index contributed by atoms with van der Waals surface area (Å²) in [6.45, 7) is 6.83. The maximum absolute atomic E-state index is 12.7. The SMILES string of the molecule is CCOC(=O)c1c(NC(=O)C(CC)Oc2ccccc2)sc(C(C)=O)c1C. The molecule has 1 heterocycles. The number of benzene rings is 1. The molecule has 1 amide bonds. The molecule has 0 radical (unpaired) electrons. The van der Waals surface area contributed by atoms with Crippen molar-refractivity contribution < 1.29 is 23.9 Å². The Kier molecular flexibility index (Phi) is 7.12. The molecule has 1 aromatic carbocycles. The van der Waals surface area contributed by atoms with E-state index in [0.29, 0.717) is 27.6 Å². The maximum atomic E-state index is 12.7. The zero-order chi connectivity index (χ0) is 20.0. The molecular formula is C20H23NO5S. The first-order valence-electron chi connectivity index (χ1n) is 8.73. The number of para-hydroxylation sites is 1. The number of hydrogen-bond donors (Lipinski definition) is 1. The lowest BCUT2D eigenvalue weighted by Crippen LogP contribution is -2.32. The quantitative estimate of drug-likeness (QED) is 0.540. The summed E-state index contributed by atoms with van der Waals surface area (Å²) in [4.78, 5) is 37.3. The summed E-state index contributed by atoms with van der Waals surface area (Å²) in [7, 11) is 0. The fourth-order valence-corrected chi connectivity index (χ4v) is 3.66. The van der Waals surface area contributed by atoms with Gasteiger partial charge in [0.15, 0.2) is 11.9 Å². The van der Waals surface area contributed by atoms with Gasteiger partial charge in [0.05, 0.1) is 17.0 Å². The van der Waals surface area contributed by atoms with Crippen molar-refractivity contribution in [2.24, 2.45) is 0 Å². The molecule has 2 aromatic rings. The Labute approximate surface area is 162 Å². The van der Waals surface area contributed by atoms with E-state index in [9.17, 15) is 14.4 Å². The molecule has 0 bridgehead atoms. The van der Waals surface area contributed by atoms with Crippen LogP contribution in [0.5, 0.6) is 5.75 Å². The largest absolute Gasteiger partial charge is 0.481 e. The number of amides is 1. The Morgan fingerprint density at radius 1 is 1.15 bits per heavy atom. The lowest BCUT2D eigenvalue weighted by atomic mass is 10.1. The average Bonchev–Trinajstić information content (AvgIpc) is 2.97. The Balaban J connectivity index is 2.28.